The molecule has 4 heteroatoms. The van der Waals surface area contributed by atoms with Crippen molar-refractivity contribution in [3.63, 3.8) is 0 Å². The first kappa shape index (κ1) is 15.7. The fraction of sp³-hybridized carbons (Fsp3) is 0.100. The molecule has 0 fully saturated rings. The predicted octanol–water partition coefficient (Wildman–Crippen LogP) is 3.56. The third-order valence-corrected chi connectivity index (χ3v) is 3.97. The standard InChI is InChI=1S/C20H18N2O2/c1-24-18-4-2-3-16(12-18)19(23)10-13-5-6-15-11-17(20(21)22)8-7-14(15)9-13/h2-9,11-12H,10H2,1H3,(H3,21,22). The van der Waals surface area contributed by atoms with Crippen molar-refractivity contribution in [2.75, 3.05) is 7.11 Å². The van der Waals surface area contributed by atoms with Crippen LogP contribution in [0, 0.1) is 5.41 Å². The highest BCUT2D eigenvalue weighted by molar-refractivity contribution is 6.00. The average molecular weight is 318 g/mol. The number of hydrogen-bond donors (Lipinski definition) is 2. The lowest BCUT2D eigenvalue weighted by molar-refractivity contribution is 0.0992. The van der Waals surface area contributed by atoms with Crippen LogP contribution in [0.2, 0.25) is 0 Å². The van der Waals surface area contributed by atoms with Gasteiger partial charge in [0.25, 0.3) is 0 Å². The van der Waals surface area contributed by atoms with Gasteiger partial charge in [0.2, 0.25) is 0 Å². The fourth-order valence-electron chi connectivity index (χ4n) is 2.66. The summed E-state index contributed by atoms with van der Waals surface area (Å²) in [6.07, 6.45) is 0.331. The van der Waals surface area contributed by atoms with Crippen LogP contribution in [0.1, 0.15) is 21.5 Å². The topological polar surface area (TPSA) is 76.2 Å². The number of amidine groups is 1. The minimum Gasteiger partial charge on any atom is -0.497 e. The number of Topliss-reactive ketones (excluding diaryl/α,β-unsaturated/α-hetero) is 1. The predicted molar refractivity (Wildman–Crippen MR) is 96.0 cm³/mol. The number of nitrogen functional groups attached to an aromatic ring is 1. The van der Waals surface area contributed by atoms with Gasteiger partial charge < -0.3 is 10.5 Å². The summed E-state index contributed by atoms with van der Waals surface area (Å²) < 4.78 is 5.16. The van der Waals surface area contributed by atoms with Crippen molar-refractivity contribution in [2.45, 2.75) is 6.42 Å². The summed E-state index contributed by atoms with van der Waals surface area (Å²) in [5.41, 5.74) is 7.80. The molecule has 0 bridgehead atoms. The van der Waals surface area contributed by atoms with Crippen molar-refractivity contribution in [2.24, 2.45) is 5.73 Å². The first-order valence-electron chi connectivity index (χ1n) is 7.61. The molecule has 3 aromatic carbocycles. The molecule has 120 valence electrons. The van der Waals surface area contributed by atoms with E-state index in [9.17, 15) is 4.79 Å². The van der Waals surface area contributed by atoms with E-state index in [0.717, 1.165) is 16.3 Å². The summed E-state index contributed by atoms with van der Waals surface area (Å²) in [5.74, 6) is 0.777. The van der Waals surface area contributed by atoms with Gasteiger partial charge in [-0.3, -0.25) is 10.2 Å². The average Bonchev–Trinajstić information content (AvgIpc) is 2.61. The third kappa shape index (κ3) is 3.27. The quantitative estimate of drug-likeness (QED) is 0.429. The number of ether oxygens (including phenoxy) is 1. The van der Waals surface area contributed by atoms with Crippen LogP contribution in [0.3, 0.4) is 0 Å². The van der Waals surface area contributed by atoms with Gasteiger partial charge in [-0.1, -0.05) is 42.5 Å². The van der Waals surface area contributed by atoms with Gasteiger partial charge in [-0.05, 0) is 34.5 Å². The van der Waals surface area contributed by atoms with Gasteiger partial charge in [0.1, 0.15) is 11.6 Å². The number of benzene rings is 3. The SMILES string of the molecule is COc1cccc(C(=O)Cc2ccc3cc(C(=N)N)ccc3c2)c1. The Labute approximate surface area is 140 Å². The number of nitrogens with two attached hydrogens (primary N) is 1. The normalized spacial score (nSPS) is 10.5. The van der Waals surface area contributed by atoms with Crippen LogP contribution in [-0.2, 0) is 6.42 Å². The molecule has 3 N–H and O–H groups in total. The van der Waals surface area contributed by atoms with Crippen LogP contribution in [0.4, 0.5) is 0 Å². The molecule has 3 rings (SSSR count). The fourth-order valence-corrected chi connectivity index (χ4v) is 2.66. The maximum atomic E-state index is 12.5. The molecule has 0 spiro atoms. The van der Waals surface area contributed by atoms with Crippen LogP contribution in [0.5, 0.6) is 5.75 Å². The number of rotatable bonds is 5. The van der Waals surface area contributed by atoms with E-state index in [1.165, 1.54) is 0 Å². The Hall–Kier alpha value is -3.14. The third-order valence-electron chi connectivity index (χ3n) is 3.97. The summed E-state index contributed by atoms with van der Waals surface area (Å²) in [4.78, 5) is 12.5. The molecule has 0 aliphatic heterocycles. The minimum atomic E-state index is 0.0496. The van der Waals surface area contributed by atoms with E-state index >= 15 is 0 Å². The molecule has 0 aliphatic carbocycles. The van der Waals surface area contributed by atoms with E-state index in [1.807, 2.05) is 48.5 Å². The number of hydrogen-bond acceptors (Lipinski definition) is 3. The van der Waals surface area contributed by atoms with Crippen LogP contribution in [0.25, 0.3) is 10.8 Å². The zero-order valence-corrected chi connectivity index (χ0v) is 13.4. The van der Waals surface area contributed by atoms with Gasteiger partial charge in [-0.25, -0.2) is 0 Å². The molecule has 0 amide bonds. The molecule has 0 saturated carbocycles. The molecule has 24 heavy (non-hydrogen) atoms. The van der Waals surface area contributed by atoms with Crippen LogP contribution < -0.4 is 10.5 Å². The molecule has 4 nitrogen and oxygen atoms in total. The summed E-state index contributed by atoms with van der Waals surface area (Å²) in [6, 6.07) is 18.7. The van der Waals surface area contributed by atoms with Gasteiger partial charge in [0.05, 0.1) is 7.11 Å². The zero-order valence-electron chi connectivity index (χ0n) is 13.4. The number of carbonyl (C=O) groups is 1. The lowest BCUT2D eigenvalue weighted by Crippen LogP contribution is -2.10. The van der Waals surface area contributed by atoms with Gasteiger partial charge >= 0.3 is 0 Å². The number of nitrogens with one attached hydrogen (secondary N) is 1. The van der Waals surface area contributed by atoms with Gasteiger partial charge in [0.15, 0.2) is 5.78 Å². The Bertz CT molecular complexity index is 932. The van der Waals surface area contributed by atoms with Crippen LogP contribution in [-0.4, -0.2) is 18.7 Å². The molecule has 0 atom stereocenters. The molecular weight excluding hydrogens is 300 g/mol. The number of fused-ring (bicyclic) bond motifs is 1. The Balaban J connectivity index is 1.85. The molecule has 0 unspecified atom stereocenters. The largest absolute Gasteiger partial charge is 0.497 e. The van der Waals surface area contributed by atoms with E-state index in [1.54, 1.807) is 19.2 Å². The molecular formula is C20H18N2O2. The Morgan fingerprint density at radius 1 is 1.00 bits per heavy atom. The van der Waals surface area contributed by atoms with Gasteiger partial charge in [-0.2, -0.15) is 0 Å². The number of ketones is 1. The van der Waals surface area contributed by atoms with Crippen LogP contribution in [0.15, 0.2) is 60.7 Å². The Morgan fingerprint density at radius 3 is 2.50 bits per heavy atom. The van der Waals surface area contributed by atoms with E-state index in [0.29, 0.717) is 23.3 Å². The summed E-state index contributed by atoms with van der Waals surface area (Å²) in [5, 5.41) is 9.52. The second-order valence-electron chi connectivity index (χ2n) is 5.64. The minimum absolute atomic E-state index is 0.0496. The summed E-state index contributed by atoms with van der Waals surface area (Å²) in [6.45, 7) is 0. The van der Waals surface area contributed by atoms with Crippen molar-refractivity contribution in [3.8, 4) is 5.75 Å². The Kier molecular flexibility index (Phi) is 4.29. The van der Waals surface area contributed by atoms with Gasteiger partial charge in [-0.15, -0.1) is 0 Å². The molecule has 0 heterocycles. The van der Waals surface area contributed by atoms with Crippen molar-refractivity contribution in [3.05, 3.63) is 77.4 Å². The molecule has 0 aromatic heterocycles. The van der Waals surface area contributed by atoms with Crippen LogP contribution >= 0.6 is 0 Å². The Morgan fingerprint density at radius 2 is 1.75 bits per heavy atom. The smallest absolute Gasteiger partial charge is 0.167 e. The van der Waals surface area contributed by atoms with E-state index in [2.05, 4.69) is 0 Å². The zero-order chi connectivity index (χ0) is 17.1. The first-order chi connectivity index (χ1) is 11.6. The van der Waals surface area contributed by atoms with E-state index in [-0.39, 0.29) is 11.6 Å². The highest BCUT2D eigenvalue weighted by atomic mass is 16.5. The summed E-state index contributed by atoms with van der Waals surface area (Å²) in [7, 11) is 1.59. The lowest BCUT2D eigenvalue weighted by Gasteiger charge is -2.07. The molecule has 0 aliphatic rings. The first-order valence-corrected chi connectivity index (χ1v) is 7.61. The van der Waals surface area contributed by atoms with Crippen molar-refractivity contribution < 1.29 is 9.53 Å². The molecule has 0 radical (unpaired) electrons. The number of methoxy groups -OCH3 is 1. The monoisotopic (exact) mass is 318 g/mol. The van der Waals surface area contributed by atoms with Crippen molar-refractivity contribution >= 4 is 22.4 Å². The second kappa shape index (κ2) is 6.54. The highest BCUT2D eigenvalue weighted by Crippen LogP contribution is 2.20. The van der Waals surface area contributed by atoms with Gasteiger partial charge in [0, 0.05) is 17.5 Å². The lowest BCUT2D eigenvalue weighted by atomic mass is 9.99. The maximum absolute atomic E-state index is 12.5. The van der Waals surface area contributed by atoms with Crippen molar-refractivity contribution in [1.82, 2.24) is 0 Å². The molecule has 0 saturated heterocycles. The number of carbonyl (C=O) groups excluding carboxylic acids is 1. The van der Waals surface area contributed by atoms with Crippen molar-refractivity contribution in [1.29, 1.82) is 5.41 Å². The second-order valence-corrected chi connectivity index (χ2v) is 5.64. The summed E-state index contributed by atoms with van der Waals surface area (Å²) >= 11 is 0. The molecule has 3 aromatic rings. The highest BCUT2D eigenvalue weighted by Gasteiger charge is 2.09. The van der Waals surface area contributed by atoms with E-state index in [4.69, 9.17) is 15.9 Å². The van der Waals surface area contributed by atoms with E-state index < -0.39 is 0 Å². The maximum Gasteiger partial charge on any atom is 0.167 e.